The van der Waals surface area contributed by atoms with E-state index in [0.29, 0.717) is 16.5 Å². The van der Waals surface area contributed by atoms with Crippen molar-refractivity contribution in [3.63, 3.8) is 0 Å². The Kier molecular flexibility index (Phi) is 10.4. The van der Waals surface area contributed by atoms with Gasteiger partial charge in [-0.1, -0.05) is 78.9 Å². The summed E-state index contributed by atoms with van der Waals surface area (Å²) in [7, 11) is 1.23. The molecule has 0 bridgehead atoms. The monoisotopic (exact) mass is 599 g/mol. The summed E-state index contributed by atoms with van der Waals surface area (Å²) in [6.07, 6.45) is 0.422. The van der Waals surface area contributed by atoms with Crippen molar-refractivity contribution < 1.29 is 33.4 Å². The van der Waals surface area contributed by atoms with E-state index >= 15 is 0 Å². The minimum absolute atomic E-state index is 0.0191. The van der Waals surface area contributed by atoms with Crippen LogP contribution in [0, 0.1) is 0 Å². The van der Waals surface area contributed by atoms with Gasteiger partial charge in [-0.3, -0.25) is 9.36 Å². The maximum atomic E-state index is 13.6. The molecular formula is C34H37N3O7. The number of esters is 1. The average molecular weight is 600 g/mol. The Morgan fingerprint density at radius 3 is 2.02 bits per heavy atom. The molecule has 0 fully saturated rings. The third-order valence-corrected chi connectivity index (χ3v) is 6.71. The fraction of sp³-hybridized carbons (Fsp3) is 0.294. The first-order chi connectivity index (χ1) is 21.0. The van der Waals surface area contributed by atoms with Gasteiger partial charge in [-0.25, -0.2) is 14.4 Å². The fourth-order valence-corrected chi connectivity index (χ4v) is 4.67. The van der Waals surface area contributed by atoms with Gasteiger partial charge < -0.3 is 24.8 Å². The Morgan fingerprint density at radius 1 is 0.773 bits per heavy atom. The van der Waals surface area contributed by atoms with E-state index in [9.17, 15) is 19.2 Å². The van der Waals surface area contributed by atoms with Crippen LogP contribution in [0.1, 0.15) is 37.5 Å². The lowest BCUT2D eigenvalue weighted by Gasteiger charge is -2.22. The summed E-state index contributed by atoms with van der Waals surface area (Å²) in [5.74, 6) is -1.28. The van der Waals surface area contributed by atoms with Crippen LogP contribution in [0.5, 0.6) is 0 Å². The number of amides is 2. The molecule has 0 aliphatic heterocycles. The van der Waals surface area contributed by atoms with Crippen LogP contribution in [0.4, 0.5) is 9.59 Å². The molecule has 44 heavy (non-hydrogen) atoms. The van der Waals surface area contributed by atoms with Gasteiger partial charge in [0.2, 0.25) is 5.91 Å². The van der Waals surface area contributed by atoms with E-state index in [-0.39, 0.29) is 19.4 Å². The fourth-order valence-electron chi connectivity index (χ4n) is 4.67. The molecule has 10 nitrogen and oxygen atoms in total. The van der Waals surface area contributed by atoms with E-state index in [0.717, 1.165) is 11.1 Å². The second kappa shape index (κ2) is 14.4. The predicted molar refractivity (Wildman–Crippen MR) is 165 cm³/mol. The van der Waals surface area contributed by atoms with Crippen LogP contribution in [0.15, 0.2) is 91.1 Å². The number of rotatable bonds is 10. The highest BCUT2D eigenvalue weighted by Crippen LogP contribution is 2.24. The van der Waals surface area contributed by atoms with E-state index in [4.69, 9.17) is 14.2 Å². The van der Waals surface area contributed by atoms with Crippen LogP contribution in [-0.4, -0.2) is 53.4 Å². The Morgan fingerprint density at radius 2 is 1.39 bits per heavy atom. The number of hydrogen-bond donors (Lipinski definition) is 2. The first kappa shape index (κ1) is 31.8. The number of carbonyl (C=O) groups excluding carboxylic acids is 4. The molecule has 0 aliphatic rings. The van der Waals surface area contributed by atoms with Crippen LogP contribution in [0.2, 0.25) is 0 Å². The number of ether oxygens (including phenoxy) is 3. The van der Waals surface area contributed by atoms with E-state index in [1.165, 1.54) is 11.7 Å². The van der Waals surface area contributed by atoms with Crippen molar-refractivity contribution in [1.29, 1.82) is 0 Å². The first-order valence-electron chi connectivity index (χ1n) is 14.3. The Labute approximate surface area is 256 Å². The van der Waals surface area contributed by atoms with Gasteiger partial charge in [0.05, 0.1) is 12.6 Å². The van der Waals surface area contributed by atoms with Crippen LogP contribution in [0.25, 0.3) is 10.9 Å². The van der Waals surface area contributed by atoms with E-state index in [2.05, 4.69) is 10.6 Å². The molecule has 0 spiro atoms. The zero-order valence-corrected chi connectivity index (χ0v) is 25.2. The van der Waals surface area contributed by atoms with Crippen molar-refractivity contribution >= 4 is 35.0 Å². The molecule has 4 aromatic rings. The topological polar surface area (TPSA) is 125 Å². The Bertz CT molecular complexity index is 1590. The van der Waals surface area contributed by atoms with E-state index in [1.807, 2.05) is 72.8 Å². The minimum atomic E-state index is -1.12. The molecule has 0 unspecified atom stereocenters. The summed E-state index contributed by atoms with van der Waals surface area (Å²) in [6.45, 7) is 5.35. The van der Waals surface area contributed by atoms with E-state index < -0.39 is 41.7 Å². The lowest BCUT2D eigenvalue weighted by atomic mass is 10.0. The molecule has 2 amide bonds. The van der Waals surface area contributed by atoms with Crippen molar-refractivity contribution in [2.75, 3.05) is 7.11 Å². The molecule has 0 radical (unpaired) electrons. The van der Waals surface area contributed by atoms with Gasteiger partial charge in [0.25, 0.3) is 0 Å². The number of hydrogen-bond acceptors (Lipinski definition) is 7. The van der Waals surface area contributed by atoms with Gasteiger partial charge in [0.15, 0.2) is 0 Å². The number of nitrogens with zero attached hydrogens (tertiary/aromatic N) is 1. The highest BCUT2D eigenvalue weighted by atomic mass is 16.6. The molecule has 1 aromatic heterocycles. The van der Waals surface area contributed by atoms with Gasteiger partial charge in [-0.2, -0.15) is 0 Å². The second-order valence-corrected chi connectivity index (χ2v) is 11.3. The zero-order valence-electron chi connectivity index (χ0n) is 25.2. The van der Waals surface area contributed by atoms with Gasteiger partial charge >= 0.3 is 18.2 Å². The van der Waals surface area contributed by atoms with Gasteiger partial charge in [-0.05, 0) is 43.5 Å². The number of alkyl carbamates (subject to hydrolysis) is 1. The molecule has 10 heteroatoms. The maximum absolute atomic E-state index is 13.6. The summed E-state index contributed by atoms with van der Waals surface area (Å²) in [5.41, 5.74) is 2.09. The van der Waals surface area contributed by atoms with Crippen LogP contribution >= 0.6 is 0 Å². The molecule has 2 N–H and O–H groups in total. The SMILES string of the molecule is COC(=O)[C@@H](Cc1cn(C(=O)OC(C)(C)C)c2ccccc12)NC(=O)[C@H](Cc1ccccc1)NC(=O)OCc1ccccc1. The molecule has 230 valence electrons. The van der Waals surface area contributed by atoms with Crippen molar-refractivity contribution in [3.05, 3.63) is 108 Å². The normalized spacial score (nSPS) is 12.5. The molecule has 2 atom stereocenters. The standard InChI is InChI=1S/C34H37N3O7/c1-34(2,3)44-33(41)37-21-25(26-17-11-12-18-29(26)37)20-28(31(39)42-4)35-30(38)27(19-23-13-7-5-8-14-23)36-32(40)43-22-24-15-9-6-10-16-24/h5-18,21,27-28H,19-20,22H2,1-4H3,(H,35,38)(H,36,40)/t27-,28+/m0/s1. The molecule has 0 saturated carbocycles. The maximum Gasteiger partial charge on any atom is 0.419 e. The molecular weight excluding hydrogens is 562 g/mol. The van der Waals surface area contributed by atoms with Crippen molar-refractivity contribution in [1.82, 2.24) is 15.2 Å². The summed E-state index contributed by atoms with van der Waals surface area (Å²) >= 11 is 0. The largest absolute Gasteiger partial charge is 0.467 e. The van der Waals surface area contributed by atoms with Crippen LogP contribution in [-0.2, 0) is 43.2 Å². The van der Waals surface area contributed by atoms with Crippen LogP contribution < -0.4 is 10.6 Å². The summed E-state index contributed by atoms with van der Waals surface area (Å²) < 4.78 is 17.3. The van der Waals surface area contributed by atoms with Gasteiger partial charge in [0, 0.05) is 24.4 Å². The average Bonchev–Trinajstić information content (AvgIpc) is 3.37. The molecule has 1 heterocycles. The number of carbonyl (C=O) groups is 4. The number of methoxy groups -OCH3 is 1. The smallest absolute Gasteiger partial charge is 0.419 e. The third-order valence-electron chi connectivity index (χ3n) is 6.71. The predicted octanol–water partition coefficient (Wildman–Crippen LogP) is 5.16. The molecule has 3 aromatic carbocycles. The number of nitrogens with one attached hydrogen (secondary N) is 2. The van der Waals surface area contributed by atoms with E-state index in [1.54, 1.807) is 39.1 Å². The van der Waals surface area contributed by atoms with Gasteiger partial charge in [0.1, 0.15) is 24.3 Å². The molecule has 4 rings (SSSR count). The lowest BCUT2D eigenvalue weighted by Crippen LogP contribution is -2.53. The number of aromatic nitrogens is 1. The number of fused-ring (bicyclic) bond motifs is 1. The Hall–Kier alpha value is -5.12. The summed E-state index contributed by atoms with van der Waals surface area (Å²) in [4.78, 5) is 52.3. The summed E-state index contributed by atoms with van der Waals surface area (Å²) in [6, 6.07) is 23.4. The zero-order chi connectivity index (χ0) is 31.7. The molecule has 0 aliphatic carbocycles. The highest BCUT2D eigenvalue weighted by molar-refractivity contribution is 5.94. The number of para-hydroxylation sites is 1. The minimum Gasteiger partial charge on any atom is -0.467 e. The van der Waals surface area contributed by atoms with Crippen molar-refractivity contribution in [2.45, 2.75) is 57.9 Å². The Balaban J connectivity index is 1.55. The van der Waals surface area contributed by atoms with Crippen LogP contribution in [0.3, 0.4) is 0 Å². The highest BCUT2D eigenvalue weighted by Gasteiger charge is 2.30. The quantitative estimate of drug-likeness (QED) is 0.191. The van der Waals surface area contributed by atoms with Crippen molar-refractivity contribution in [3.8, 4) is 0 Å². The number of benzene rings is 3. The molecule has 0 saturated heterocycles. The second-order valence-electron chi connectivity index (χ2n) is 11.3. The summed E-state index contributed by atoms with van der Waals surface area (Å²) in [5, 5.41) is 6.10. The van der Waals surface area contributed by atoms with Gasteiger partial charge in [-0.15, -0.1) is 0 Å². The first-order valence-corrected chi connectivity index (χ1v) is 14.3. The lowest BCUT2D eigenvalue weighted by molar-refractivity contribution is -0.145. The third kappa shape index (κ3) is 8.70. The van der Waals surface area contributed by atoms with Crippen molar-refractivity contribution in [2.24, 2.45) is 0 Å².